The van der Waals surface area contributed by atoms with Crippen molar-refractivity contribution in [2.45, 2.75) is 6.04 Å². The van der Waals surface area contributed by atoms with E-state index in [9.17, 15) is 9.59 Å². The van der Waals surface area contributed by atoms with E-state index in [0.29, 0.717) is 5.57 Å². The minimum Gasteiger partial charge on any atom is -0.480 e. The van der Waals surface area contributed by atoms with Crippen LogP contribution >= 0.6 is 0 Å². The van der Waals surface area contributed by atoms with Crippen LogP contribution in [0.2, 0.25) is 0 Å². The van der Waals surface area contributed by atoms with Crippen molar-refractivity contribution in [1.82, 2.24) is 0 Å². The lowest BCUT2D eigenvalue weighted by Gasteiger charge is -2.29. The molecule has 0 amide bonds. The molecule has 1 aliphatic carbocycles. The highest BCUT2D eigenvalue weighted by atomic mass is 16.4. The lowest BCUT2D eigenvalue weighted by molar-refractivity contribution is -0.161. The number of nitrogens with two attached hydrogens (primary N) is 1. The van der Waals surface area contributed by atoms with Gasteiger partial charge in [-0.15, -0.1) is 0 Å². The molecule has 5 nitrogen and oxygen atoms in total. The fraction of sp³-hybridized carbons (Fsp3) is 0.143. The molecule has 0 radical (unpaired) electrons. The fourth-order valence-electron chi connectivity index (χ4n) is 2.06. The Morgan fingerprint density at radius 1 is 1.11 bits per heavy atom. The van der Waals surface area contributed by atoms with Crippen LogP contribution in [0.5, 0.6) is 0 Å². The topological polar surface area (TPSA) is 101 Å². The van der Waals surface area contributed by atoms with Crippen LogP contribution in [0, 0.1) is 5.41 Å². The largest absolute Gasteiger partial charge is 0.480 e. The molecule has 5 heteroatoms. The second-order valence-corrected chi connectivity index (χ2v) is 4.33. The molecule has 4 N–H and O–H groups in total. The molecule has 1 aromatic carbocycles. The summed E-state index contributed by atoms with van der Waals surface area (Å²) >= 11 is 0. The quantitative estimate of drug-likeness (QED) is 0.706. The first kappa shape index (κ1) is 13.0. The first-order valence-corrected chi connectivity index (χ1v) is 5.67. The molecule has 0 spiro atoms. The molecule has 0 aromatic heterocycles. The highest BCUT2D eigenvalue weighted by Gasteiger charge is 2.50. The van der Waals surface area contributed by atoms with Crippen LogP contribution in [0.1, 0.15) is 5.56 Å². The standard InChI is InChI=1S/C14H13NO4/c15-11-8-10(9-4-2-1-3-5-9)6-7-14(11,12(16)17)13(18)19/h1-8,11H,15H2,(H,16,17)(H,18,19). The summed E-state index contributed by atoms with van der Waals surface area (Å²) in [6.45, 7) is 0. The zero-order valence-electron chi connectivity index (χ0n) is 9.98. The van der Waals surface area contributed by atoms with Gasteiger partial charge in [-0.05, 0) is 11.1 Å². The second kappa shape index (κ2) is 4.70. The molecule has 98 valence electrons. The monoisotopic (exact) mass is 259 g/mol. The summed E-state index contributed by atoms with van der Waals surface area (Å²) in [6, 6.07) is 8.10. The molecular weight excluding hydrogens is 246 g/mol. The number of carbonyl (C=O) groups is 2. The summed E-state index contributed by atoms with van der Waals surface area (Å²) in [5.41, 5.74) is 5.23. The van der Waals surface area contributed by atoms with Crippen molar-refractivity contribution in [1.29, 1.82) is 0 Å². The van der Waals surface area contributed by atoms with Gasteiger partial charge >= 0.3 is 11.9 Å². The Morgan fingerprint density at radius 3 is 2.16 bits per heavy atom. The lowest BCUT2D eigenvalue weighted by atomic mass is 9.75. The number of carboxylic acids is 2. The van der Waals surface area contributed by atoms with Gasteiger partial charge in [0.05, 0.1) is 6.04 Å². The van der Waals surface area contributed by atoms with Crippen molar-refractivity contribution in [3.05, 3.63) is 54.1 Å². The van der Waals surface area contributed by atoms with Gasteiger partial charge < -0.3 is 15.9 Å². The number of benzene rings is 1. The Balaban J connectivity index is 2.42. The molecule has 0 saturated heterocycles. The summed E-state index contributed by atoms with van der Waals surface area (Å²) in [6.07, 6.45) is 4.10. The van der Waals surface area contributed by atoms with Crippen LogP contribution in [-0.4, -0.2) is 28.2 Å². The third kappa shape index (κ3) is 2.04. The van der Waals surface area contributed by atoms with E-state index in [0.717, 1.165) is 11.6 Å². The van der Waals surface area contributed by atoms with Gasteiger partial charge in [-0.3, -0.25) is 9.59 Å². The molecule has 1 aromatic rings. The van der Waals surface area contributed by atoms with E-state index in [1.54, 1.807) is 0 Å². The van der Waals surface area contributed by atoms with Gasteiger partial charge in [0.2, 0.25) is 5.41 Å². The number of aliphatic carboxylic acids is 2. The van der Waals surface area contributed by atoms with Crippen LogP contribution in [0.25, 0.3) is 5.57 Å². The van der Waals surface area contributed by atoms with Crippen molar-refractivity contribution in [3.63, 3.8) is 0 Å². The lowest BCUT2D eigenvalue weighted by Crippen LogP contribution is -2.52. The maximum Gasteiger partial charge on any atom is 0.326 e. The molecule has 0 bridgehead atoms. The third-order valence-electron chi connectivity index (χ3n) is 3.23. The van der Waals surface area contributed by atoms with E-state index in [-0.39, 0.29) is 0 Å². The minimum absolute atomic E-state index is 0.714. The molecular formula is C14H13NO4. The number of allylic oxidation sites excluding steroid dienone is 2. The van der Waals surface area contributed by atoms with Crippen molar-refractivity contribution in [2.24, 2.45) is 11.1 Å². The average molecular weight is 259 g/mol. The van der Waals surface area contributed by atoms with E-state index in [1.165, 1.54) is 12.2 Å². The molecule has 2 rings (SSSR count). The van der Waals surface area contributed by atoms with E-state index < -0.39 is 23.4 Å². The smallest absolute Gasteiger partial charge is 0.326 e. The number of carboxylic acid groups (broad SMARTS) is 2. The maximum atomic E-state index is 11.2. The van der Waals surface area contributed by atoms with E-state index in [4.69, 9.17) is 15.9 Å². The summed E-state index contributed by atoms with van der Waals surface area (Å²) < 4.78 is 0. The first-order chi connectivity index (χ1) is 8.98. The minimum atomic E-state index is -2.10. The molecule has 0 fully saturated rings. The van der Waals surface area contributed by atoms with E-state index in [2.05, 4.69) is 0 Å². The summed E-state index contributed by atoms with van der Waals surface area (Å²) in [5.74, 6) is -2.93. The van der Waals surface area contributed by atoms with Crippen LogP contribution in [0.3, 0.4) is 0 Å². The predicted octanol–water partition coefficient (Wildman–Crippen LogP) is 1.12. The fourth-order valence-corrected chi connectivity index (χ4v) is 2.06. The Bertz CT molecular complexity index is 560. The van der Waals surface area contributed by atoms with E-state index >= 15 is 0 Å². The molecule has 0 aliphatic heterocycles. The summed E-state index contributed by atoms with van der Waals surface area (Å²) in [4.78, 5) is 22.5. The number of rotatable bonds is 3. The molecule has 1 unspecified atom stereocenters. The van der Waals surface area contributed by atoms with Crippen LogP contribution in [0.4, 0.5) is 0 Å². The Kier molecular flexibility index (Phi) is 3.23. The van der Waals surface area contributed by atoms with Gasteiger partial charge in [-0.25, -0.2) is 0 Å². The van der Waals surface area contributed by atoms with Crippen molar-refractivity contribution in [2.75, 3.05) is 0 Å². The van der Waals surface area contributed by atoms with Gasteiger partial charge in [0.15, 0.2) is 0 Å². The molecule has 1 aliphatic rings. The number of hydrogen-bond acceptors (Lipinski definition) is 3. The Morgan fingerprint density at radius 2 is 1.68 bits per heavy atom. The van der Waals surface area contributed by atoms with Gasteiger partial charge in [0.1, 0.15) is 0 Å². The van der Waals surface area contributed by atoms with Crippen LogP contribution in [0.15, 0.2) is 48.6 Å². The summed E-state index contributed by atoms with van der Waals surface area (Å²) in [7, 11) is 0. The van der Waals surface area contributed by atoms with E-state index in [1.807, 2.05) is 30.3 Å². The Hall–Kier alpha value is -2.40. The molecule has 0 saturated carbocycles. The van der Waals surface area contributed by atoms with Crippen LogP contribution < -0.4 is 5.73 Å². The average Bonchev–Trinajstić information content (AvgIpc) is 2.39. The van der Waals surface area contributed by atoms with Crippen molar-refractivity contribution < 1.29 is 19.8 Å². The Labute approximate surface area is 109 Å². The van der Waals surface area contributed by atoms with Gasteiger partial charge in [0, 0.05) is 0 Å². The molecule has 1 atom stereocenters. The summed E-state index contributed by atoms with van der Waals surface area (Å²) in [5, 5.41) is 18.3. The zero-order chi connectivity index (χ0) is 14.0. The van der Waals surface area contributed by atoms with Gasteiger partial charge in [0.25, 0.3) is 0 Å². The van der Waals surface area contributed by atoms with Crippen molar-refractivity contribution in [3.8, 4) is 0 Å². The second-order valence-electron chi connectivity index (χ2n) is 4.33. The van der Waals surface area contributed by atoms with Gasteiger partial charge in [-0.1, -0.05) is 48.6 Å². The van der Waals surface area contributed by atoms with Gasteiger partial charge in [-0.2, -0.15) is 0 Å². The highest BCUT2D eigenvalue weighted by molar-refractivity contribution is 6.03. The maximum absolute atomic E-state index is 11.2. The normalized spacial score (nSPS) is 20.7. The predicted molar refractivity (Wildman–Crippen MR) is 69.2 cm³/mol. The SMILES string of the molecule is NC1C=C(c2ccccc2)C=CC1(C(=O)O)C(=O)O. The highest BCUT2D eigenvalue weighted by Crippen LogP contribution is 2.33. The first-order valence-electron chi connectivity index (χ1n) is 5.67. The molecule has 19 heavy (non-hydrogen) atoms. The zero-order valence-corrected chi connectivity index (χ0v) is 9.98. The molecule has 0 heterocycles. The van der Waals surface area contributed by atoms with Crippen LogP contribution in [-0.2, 0) is 9.59 Å². The third-order valence-corrected chi connectivity index (χ3v) is 3.23. The number of hydrogen-bond donors (Lipinski definition) is 3. The van der Waals surface area contributed by atoms with Crippen molar-refractivity contribution >= 4 is 17.5 Å².